The Morgan fingerprint density at radius 3 is 2.44 bits per heavy atom. The number of likely N-dealkylation sites (tertiary alicyclic amines) is 1. The molecule has 1 saturated carbocycles. The number of carbonyl (C=O) groups excluding carboxylic acids is 2. The molecule has 10 nitrogen and oxygen atoms in total. The van der Waals surface area contributed by atoms with Crippen LogP contribution in [0.3, 0.4) is 0 Å². The molecular formula is C35H39N5O5. The zero-order chi connectivity index (χ0) is 31.3. The summed E-state index contributed by atoms with van der Waals surface area (Å²) in [6, 6.07) is 12.2. The molecule has 234 valence electrons. The van der Waals surface area contributed by atoms with E-state index in [2.05, 4.69) is 26.7 Å². The van der Waals surface area contributed by atoms with E-state index in [-0.39, 0.29) is 24.0 Å². The molecular weight excluding hydrogens is 570 g/mol. The molecule has 1 amide bonds. The minimum absolute atomic E-state index is 0.0252. The highest BCUT2D eigenvalue weighted by Crippen LogP contribution is 2.43. The van der Waals surface area contributed by atoms with Crippen molar-refractivity contribution in [3.63, 3.8) is 0 Å². The number of ether oxygens (including phenoxy) is 1. The van der Waals surface area contributed by atoms with Crippen LogP contribution in [0, 0.1) is 5.92 Å². The Morgan fingerprint density at radius 2 is 1.78 bits per heavy atom. The Balaban J connectivity index is 1.10. The fraction of sp³-hybridized carbons (Fsp3) is 0.429. The van der Waals surface area contributed by atoms with Crippen LogP contribution in [0.25, 0.3) is 16.5 Å². The lowest BCUT2D eigenvalue weighted by Gasteiger charge is -2.44. The summed E-state index contributed by atoms with van der Waals surface area (Å²) in [6.07, 6.45) is 10.1. The second-order valence-electron chi connectivity index (χ2n) is 12.9. The number of carboxylic acids is 1. The van der Waals surface area contributed by atoms with Gasteiger partial charge in [0.05, 0.1) is 23.4 Å². The second-order valence-corrected chi connectivity index (χ2v) is 12.9. The lowest BCUT2D eigenvalue weighted by atomic mass is 9.82. The zero-order valence-electron chi connectivity index (χ0n) is 25.6. The number of piperidine rings is 2. The molecule has 0 unspecified atom stereocenters. The van der Waals surface area contributed by atoms with Crippen LogP contribution in [0.5, 0.6) is 5.75 Å². The smallest absolute Gasteiger partial charge is 0.306 e. The molecule has 7 rings (SSSR count). The van der Waals surface area contributed by atoms with Crippen LogP contribution >= 0.6 is 0 Å². The van der Waals surface area contributed by atoms with Gasteiger partial charge in [-0.15, -0.1) is 0 Å². The maximum absolute atomic E-state index is 14.0. The molecule has 3 aromatic rings. The molecule has 3 aliphatic heterocycles. The molecule has 0 radical (unpaired) electrons. The van der Waals surface area contributed by atoms with Crippen LogP contribution in [-0.4, -0.2) is 77.3 Å². The van der Waals surface area contributed by atoms with Crippen molar-refractivity contribution < 1.29 is 24.2 Å². The van der Waals surface area contributed by atoms with Gasteiger partial charge in [-0.25, -0.2) is 0 Å². The summed E-state index contributed by atoms with van der Waals surface area (Å²) in [6.45, 7) is 2.28. The number of carbonyl (C=O) groups is 3. The van der Waals surface area contributed by atoms with E-state index in [4.69, 9.17) is 10.5 Å². The van der Waals surface area contributed by atoms with Crippen molar-refractivity contribution in [1.82, 2.24) is 9.47 Å². The minimum atomic E-state index is -0.733. The van der Waals surface area contributed by atoms with Crippen LogP contribution < -0.4 is 15.4 Å². The van der Waals surface area contributed by atoms with Crippen LogP contribution in [-0.2, 0) is 4.79 Å². The van der Waals surface area contributed by atoms with E-state index in [0.717, 1.165) is 40.6 Å². The topological polar surface area (TPSA) is 130 Å². The van der Waals surface area contributed by atoms with Gasteiger partial charge in [0, 0.05) is 92.9 Å². The van der Waals surface area contributed by atoms with Gasteiger partial charge in [-0.3, -0.25) is 19.4 Å². The fourth-order valence-corrected chi connectivity index (χ4v) is 7.27. The predicted octanol–water partition coefficient (Wildman–Crippen LogP) is 4.92. The van der Waals surface area contributed by atoms with E-state index in [9.17, 15) is 19.5 Å². The summed E-state index contributed by atoms with van der Waals surface area (Å²) in [5, 5.41) is 10.6. The van der Waals surface area contributed by atoms with Gasteiger partial charge in [0.2, 0.25) is 0 Å². The molecule has 2 aromatic carbocycles. The third kappa shape index (κ3) is 5.36. The Hall–Kier alpha value is -4.60. The number of hydrogen-bond donors (Lipinski definition) is 2. The maximum atomic E-state index is 14.0. The number of allylic oxidation sites excluding steroid dienone is 1. The van der Waals surface area contributed by atoms with Crippen molar-refractivity contribution in [2.45, 2.75) is 56.6 Å². The van der Waals surface area contributed by atoms with E-state index < -0.39 is 11.6 Å². The molecule has 3 fully saturated rings. The van der Waals surface area contributed by atoms with Crippen molar-refractivity contribution >= 4 is 46.0 Å². The fourth-order valence-electron chi connectivity index (χ4n) is 7.27. The van der Waals surface area contributed by atoms with Gasteiger partial charge >= 0.3 is 5.97 Å². The summed E-state index contributed by atoms with van der Waals surface area (Å²) in [5.41, 5.74) is 9.94. The number of amides is 1. The van der Waals surface area contributed by atoms with Crippen molar-refractivity contribution in [2.75, 3.05) is 38.1 Å². The first-order valence-corrected chi connectivity index (χ1v) is 15.9. The Kier molecular flexibility index (Phi) is 7.38. The molecule has 2 saturated heterocycles. The summed E-state index contributed by atoms with van der Waals surface area (Å²) in [5.74, 6) is -0.476. The lowest BCUT2D eigenvalue weighted by Crippen LogP contribution is -2.52. The quantitative estimate of drug-likeness (QED) is 0.380. The minimum Gasteiger partial charge on any atom is -0.486 e. The van der Waals surface area contributed by atoms with Gasteiger partial charge in [-0.2, -0.15) is 0 Å². The van der Waals surface area contributed by atoms with Crippen molar-refractivity contribution in [3.05, 3.63) is 65.5 Å². The first kappa shape index (κ1) is 29.1. The molecule has 1 aromatic heterocycles. The van der Waals surface area contributed by atoms with Gasteiger partial charge in [0.25, 0.3) is 5.91 Å². The lowest BCUT2D eigenvalue weighted by molar-refractivity contribution is -0.142. The third-order valence-electron chi connectivity index (χ3n) is 10.0. The van der Waals surface area contributed by atoms with Crippen molar-refractivity contribution in [3.8, 4) is 5.75 Å². The van der Waals surface area contributed by atoms with Crippen LogP contribution in [0.2, 0.25) is 0 Å². The number of carboxylic acid groups (broad SMARTS) is 1. The molecule has 10 heteroatoms. The zero-order valence-corrected chi connectivity index (χ0v) is 25.6. The van der Waals surface area contributed by atoms with Crippen LogP contribution in [0.15, 0.2) is 53.8 Å². The van der Waals surface area contributed by atoms with Crippen molar-refractivity contribution in [1.29, 1.82) is 0 Å². The van der Waals surface area contributed by atoms with E-state index in [1.807, 2.05) is 35.2 Å². The standard InChI is InChI=1S/C35H39N5O5/c1-37-21-25(20-36)23-2-5-32-28(16-23)31(41)19-35(45-32)9-14-39(15-10-35)33(42)24-17-29(38-11-6-22(7-12-38)34(43)44)27-8-13-40(26-3-4-26)30(27)18-24/h2,5,8,13,16-18,20-22,26H,3-4,6-7,9-12,14-15,19,36H2,1H3,(H,43,44). The van der Waals surface area contributed by atoms with Crippen LogP contribution in [0.4, 0.5) is 5.69 Å². The average Bonchev–Trinajstić information content (AvgIpc) is 3.81. The Bertz CT molecular complexity index is 1740. The van der Waals surface area contributed by atoms with E-state index in [0.29, 0.717) is 74.8 Å². The highest BCUT2D eigenvalue weighted by Gasteiger charge is 2.44. The number of ketones is 1. The SMILES string of the molecule is CN=CC(=CN)c1ccc2c(c1)C(=O)CC1(CCN(C(=O)c3cc(N4CCC(C(=O)O)CC4)c4ccn(C5CC5)c4c3)CC1)O2. The Labute approximate surface area is 262 Å². The van der Waals surface area contributed by atoms with Gasteiger partial charge < -0.3 is 29.9 Å². The molecule has 1 spiro atoms. The van der Waals surface area contributed by atoms with Gasteiger partial charge in [-0.05, 0) is 61.6 Å². The Morgan fingerprint density at radius 1 is 1.02 bits per heavy atom. The van der Waals surface area contributed by atoms with Gasteiger partial charge in [-0.1, -0.05) is 6.07 Å². The number of rotatable bonds is 6. The van der Waals surface area contributed by atoms with E-state index >= 15 is 0 Å². The highest BCUT2D eigenvalue weighted by molar-refractivity contribution is 6.11. The molecule has 0 bridgehead atoms. The third-order valence-corrected chi connectivity index (χ3v) is 10.0. The monoisotopic (exact) mass is 609 g/mol. The molecule has 4 aliphatic rings. The summed E-state index contributed by atoms with van der Waals surface area (Å²) >= 11 is 0. The maximum Gasteiger partial charge on any atom is 0.306 e. The number of aliphatic carboxylic acids is 1. The number of nitrogens with zero attached hydrogens (tertiary/aromatic N) is 4. The summed E-state index contributed by atoms with van der Waals surface area (Å²) in [4.78, 5) is 47.1. The van der Waals surface area contributed by atoms with E-state index in [1.165, 1.54) is 6.20 Å². The number of hydrogen-bond acceptors (Lipinski definition) is 7. The number of fused-ring (bicyclic) bond motifs is 2. The van der Waals surface area contributed by atoms with Gasteiger partial charge in [0.15, 0.2) is 5.78 Å². The number of aromatic nitrogens is 1. The number of Topliss-reactive ketones (excluding diaryl/α,β-unsaturated/α-hetero) is 1. The molecule has 45 heavy (non-hydrogen) atoms. The molecule has 3 N–H and O–H groups in total. The summed E-state index contributed by atoms with van der Waals surface area (Å²) < 4.78 is 8.81. The molecule has 1 aliphatic carbocycles. The first-order chi connectivity index (χ1) is 21.8. The number of benzene rings is 2. The average molecular weight is 610 g/mol. The normalized spacial score (nSPS) is 20.6. The first-order valence-electron chi connectivity index (χ1n) is 15.9. The number of nitrogens with two attached hydrogens (primary N) is 1. The second kappa shape index (κ2) is 11.4. The predicted molar refractivity (Wildman–Crippen MR) is 173 cm³/mol. The van der Waals surface area contributed by atoms with Gasteiger partial charge in [0.1, 0.15) is 11.4 Å². The van der Waals surface area contributed by atoms with E-state index in [1.54, 1.807) is 13.3 Å². The van der Waals surface area contributed by atoms with Crippen LogP contribution in [0.1, 0.15) is 77.3 Å². The number of anilines is 1. The highest BCUT2D eigenvalue weighted by atomic mass is 16.5. The number of aliphatic imine (C=N–C) groups is 1. The molecule has 0 atom stereocenters. The largest absolute Gasteiger partial charge is 0.486 e. The van der Waals surface area contributed by atoms with Crippen molar-refractivity contribution in [2.24, 2.45) is 16.6 Å². The summed E-state index contributed by atoms with van der Waals surface area (Å²) in [7, 11) is 1.67. The molecule has 4 heterocycles.